The monoisotopic (exact) mass is 280 g/mol. The maximum atomic E-state index is 13.8. The first-order chi connectivity index (χ1) is 9.10. The van der Waals surface area contributed by atoms with Gasteiger partial charge in [-0.05, 0) is 25.1 Å². The molecule has 0 fully saturated rings. The van der Waals surface area contributed by atoms with Gasteiger partial charge >= 0.3 is 0 Å². The molecule has 2 aromatic rings. The number of likely N-dealkylation sites (N-methyl/N-ethyl adjacent to an activating group) is 1. The van der Waals surface area contributed by atoms with Gasteiger partial charge in [-0.15, -0.1) is 11.3 Å². The molecule has 0 unspecified atom stereocenters. The van der Waals surface area contributed by atoms with Crippen LogP contribution in [-0.4, -0.2) is 24.5 Å². The second-order valence-electron chi connectivity index (χ2n) is 3.86. The van der Waals surface area contributed by atoms with E-state index in [2.05, 4.69) is 10.3 Å². The summed E-state index contributed by atoms with van der Waals surface area (Å²) in [7, 11) is 1.50. The van der Waals surface area contributed by atoms with Crippen molar-refractivity contribution in [2.45, 2.75) is 6.92 Å². The van der Waals surface area contributed by atoms with Gasteiger partial charge in [0, 0.05) is 18.0 Å². The molecule has 2 rings (SSSR count). The van der Waals surface area contributed by atoms with Crippen LogP contribution >= 0.6 is 11.3 Å². The standard InChI is InChI=1S/C13H13FN2O2S/c1-8-16-11(7-19-8)9-3-4-12(10(14)5-9)18-6-13(17)15-2/h3-5,7H,6H2,1-2H3,(H,15,17). The number of carbonyl (C=O) groups is 1. The molecule has 19 heavy (non-hydrogen) atoms. The topological polar surface area (TPSA) is 51.2 Å². The molecule has 0 aliphatic rings. The number of nitrogens with one attached hydrogen (secondary N) is 1. The summed E-state index contributed by atoms with van der Waals surface area (Å²) in [6, 6.07) is 4.58. The number of ether oxygens (including phenoxy) is 1. The lowest BCUT2D eigenvalue weighted by molar-refractivity contribution is -0.122. The molecule has 0 saturated heterocycles. The molecule has 0 aliphatic heterocycles. The van der Waals surface area contributed by atoms with Crippen LogP contribution in [0.1, 0.15) is 5.01 Å². The fraction of sp³-hybridized carbons (Fsp3) is 0.231. The van der Waals surface area contributed by atoms with E-state index >= 15 is 0 Å². The van der Waals surface area contributed by atoms with Crippen LogP contribution < -0.4 is 10.1 Å². The highest BCUT2D eigenvalue weighted by atomic mass is 32.1. The maximum absolute atomic E-state index is 13.8. The summed E-state index contributed by atoms with van der Waals surface area (Å²) in [4.78, 5) is 15.3. The minimum Gasteiger partial charge on any atom is -0.481 e. The highest BCUT2D eigenvalue weighted by Crippen LogP contribution is 2.26. The van der Waals surface area contributed by atoms with Gasteiger partial charge in [0.15, 0.2) is 18.2 Å². The van der Waals surface area contributed by atoms with E-state index in [1.54, 1.807) is 6.07 Å². The van der Waals surface area contributed by atoms with Crippen molar-refractivity contribution < 1.29 is 13.9 Å². The van der Waals surface area contributed by atoms with E-state index in [9.17, 15) is 9.18 Å². The van der Waals surface area contributed by atoms with E-state index in [0.29, 0.717) is 5.56 Å². The van der Waals surface area contributed by atoms with E-state index < -0.39 is 5.82 Å². The van der Waals surface area contributed by atoms with Crippen molar-refractivity contribution in [1.29, 1.82) is 0 Å². The first kappa shape index (κ1) is 13.5. The van der Waals surface area contributed by atoms with Crippen molar-refractivity contribution >= 4 is 17.2 Å². The molecule has 0 atom stereocenters. The molecule has 4 nitrogen and oxygen atoms in total. The Morgan fingerprint density at radius 3 is 2.89 bits per heavy atom. The lowest BCUT2D eigenvalue weighted by Crippen LogP contribution is -2.25. The molecule has 0 radical (unpaired) electrons. The van der Waals surface area contributed by atoms with E-state index in [1.165, 1.54) is 30.5 Å². The van der Waals surface area contributed by atoms with Crippen LogP contribution in [0, 0.1) is 12.7 Å². The Hall–Kier alpha value is -1.95. The predicted octanol–water partition coefficient (Wildman–Crippen LogP) is 2.38. The highest BCUT2D eigenvalue weighted by Gasteiger charge is 2.09. The van der Waals surface area contributed by atoms with Gasteiger partial charge in [0.1, 0.15) is 0 Å². The second-order valence-corrected chi connectivity index (χ2v) is 4.92. The van der Waals surface area contributed by atoms with Crippen molar-refractivity contribution in [2.24, 2.45) is 0 Å². The zero-order valence-electron chi connectivity index (χ0n) is 10.6. The molecule has 0 aliphatic carbocycles. The Labute approximate surface area is 114 Å². The van der Waals surface area contributed by atoms with Crippen LogP contribution in [0.2, 0.25) is 0 Å². The fourth-order valence-corrected chi connectivity index (χ4v) is 2.11. The number of thiazole rings is 1. The highest BCUT2D eigenvalue weighted by molar-refractivity contribution is 7.09. The van der Waals surface area contributed by atoms with Gasteiger partial charge in [0.25, 0.3) is 5.91 Å². The Bertz CT molecular complexity index is 598. The summed E-state index contributed by atoms with van der Waals surface area (Å²) in [6.07, 6.45) is 0. The molecule has 1 heterocycles. The summed E-state index contributed by atoms with van der Waals surface area (Å²) in [5.41, 5.74) is 1.42. The van der Waals surface area contributed by atoms with Crippen LogP contribution in [0.25, 0.3) is 11.3 Å². The van der Waals surface area contributed by atoms with E-state index in [4.69, 9.17) is 4.74 Å². The minimum absolute atomic E-state index is 0.0549. The average Bonchev–Trinajstić information content (AvgIpc) is 2.83. The summed E-state index contributed by atoms with van der Waals surface area (Å²) < 4.78 is 18.9. The van der Waals surface area contributed by atoms with Crippen LogP contribution in [-0.2, 0) is 4.79 Å². The van der Waals surface area contributed by atoms with Gasteiger partial charge < -0.3 is 10.1 Å². The summed E-state index contributed by atoms with van der Waals surface area (Å²) >= 11 is 1.51. The van der Waals surface area contributed by atoms with Gasteiger partial charge in [0.05, 0.1) is 10.7 Å². The largest absolute Gasteiger partial charge is 0.481 e. The quantitative estimate of drug-likeness (QED) is 0.935. The molecule has 1 N–H and O–H groups in total. The number of carbonyl (C=O) groups excluding carboxylic acids is 1. The molecular weight excluding hydrogens is 267 g/mol. The van der Waals surface area contributed by atoms with E-state index in [0.717, 1.165) is 10.7 Å². The number of aromatic nitrogens is 1. The molecule has 0 saturated carbocycles. The number of rotatable bonds is 4. The molecule has 100 valence electrons. The van der Waals surface area contributed by atoms with Crippen molar-refractivity contribution in [1.82, 2.24) is 10.3 Å². The maximum Gasteiger partial charge on any atom is 0.257 e. The molecule has 1 amide bonds. The normalized spacial score (nSPS) is 10.3. The second kappa shape index (κ2) is 5.79. The van der Waals surface area contributed by atoms with Gasteiger partial charge in [-0.2, -0.15) is 0 Å². The minimum atomic E-state index is -0.507. The number of hydrogen-bond acceptors (Lipinski definition) is 4. The number of benzene rings is 1. The molecule has 0 bridgehead atoms. The van der Waals surface area contributed by atoms with Gasteiger partial charge in [-0.25, -0.2) is 9.37 Å². The van der Waals surface area contributed by atoms with Crippen LogP contribution in [0.4, 0.5) is 4.39 Å². The zero-order chi connectivity index (χ0) is 13.8. The first-order valence-corrected chi connectivity index (χ1v) is 6.53. The van der Waals surface area contributed by atoms with Gasteiger partial charge in [-0.3, -0.25) is 4.79 Å². The van der Waals surface area contributed by atoms with Crippen LogP contribution in [0.5, 0.6) is 5.75 Å². The van der Waals surface area contributed by atoms with Crippen molar-refractivity contribution in [3.8, 4) is 17.0 Å². The van der Waals surface area contributed by atoms with E-state index in [1.807, 2.05) is 12.3 Å². The third kappa shape index (κ3) is 3.29. The third-order valence-corrected chi connectivity index (χ3v) is 3.26. The Kier molecular flexibility index (Phi) is 4.11. The lowest BCUT2D eigenvalue weighted by Gasteiger charge is -2.07. The molecule has 6 heteroatoms. The Morgan fingerprint density at radius 2 is 2.32 bits per heavy atom. The summed E-state index contributed by atoms with van der Waals surface area (Å²) in [5, 5.41) is 5.20. The summed E-state index contributed by atoms with van der Waals surface area (Å²) in [6.45, 7) is 1.69. The van der Waals surface area contributed by atoms with Crippen LogP contribution in [0.15, 0.2) is 23.6 Å². The lowest BCUT2D eigenvalue weighted by atomic mass is 10.1. The number of aryl methyl sites for hydroxylation is 1. The molecule has 1 aromatic heterocycles. The zero-order valence-corrected chi connectivity index (χ0v) is 11.4. The van der Waals surface area contributed by atoms with Crippen LogP contribution in [0.3, 0.4) is 0 Å². The SMILES string of the molecule is CNC(=O)COc1ccc(-c2csc(C)n2)cc1F. The molecule has 0 spiro atoms. The van der Waals surface area contributed by atoms with Crippen molar-refractivity contribution in [3.05, 3.63) is 34.4 Å². The van der Waals surface area contributed by atoms with Crippen molar-refractivity contribution in [2.75, 3.05) is 13.7 Å². The number of amides is 1. The van der Waals surface area contributed by atoms with Crippen molar-refractivity contribution in [3.63, 3.8) is 0 Å². The molecule has 1 aromatic carbocycles. The number of nitrogens with zero attached hydrogens (tertiary/aromatic N) is 1. The Balaban J connectivity index is 2.15. The van der Waals surface area contributed by atoms with Gasteiger partial charge in [-0.1, -0.05) is 0 Å². The first-order valence-electron chi connectivity index (χ1n) is 5.65. The third-order valence-electron chi connectivity index (χ3n) is 2.48. The smallest absolute Gasteiger partial charge is 0.257 e. The summed E-state index contributed by atoms with van der Waals surface area (Å²) in [5.74, 6) is -0.759. The molecular formula is C13H13FN2O2S. The average molecular weight is 280 g/mol. The fourth-order valence-electron chi connectivity index (χ4n) is 1.49. The predicted molar refractivity (Wildman–Crippen MR) is 71.8 cm³/mol. The number of halogens is 1. The Morgan fingerprint density at radius 1 is 1.53 bits per heavy atom. The number of hydrogen-bond donors (Lipinski definition) is 1. The van der Waals surface area contributed by atoms with Gasteiger partial charge in [0.2, 0.25) is 0 Å². The van der Waals surface area contributed by atoms with E-state index in [-0.39, 0.29) is 18.3 Å².